The van der Waals surface area contributed by atoms with Crippen molar-refractivity contribution < 1.29 is 14.3 Å². The molecule has 1 aliphatic rings. The molecule has 1 saturated carbocycles. The van der Waals surface area contributed by atoms with Crippen LogP contribution in [0.2, 0.25) is 0 Å². The molecule has 1 rings (SSSR count). The number of nitrogens with two attached hydrogens (primary N) is 1. The minimum absolute atomic E-state index is 0.0334. The summed E-state index contributed by atoms with van der Waals surface area (Å²) in [6.07, 6.45) is 4.50. The normalized spacial score (nSPS) is 18.9. The van der Waals surface area contributed by atoms with Crippen LogP contribution in [-0.4, -0.2) is 43.0 Å². The number of esters is 1. The van der Waals surface area contributed by atoms with E-state index in [1.165, 1.54) is 12.0 Å². The van der Waals surface area contributed by atoms with Crippen LogP contribution in [0.5, 0.6) is 0 Å². The maximum absolute atomic E-state index is 12.1. The minimum Gasteiger partial charge on any atom is -0.468 e. The van der Waals surface area contributed by atoms with Crippen molar-refractivity contribution in [1.29, 1.82) is 0 Å². The Morgan fingerprint density at radius 1 is 1.31 bits per heavy atom. The second-order valence-electron chi connectivity index (χ2n) is 4.45. The molecule has 0 unspecified atom stereocenters. The average Bonchev–Trinajstić information content (AvgIpc) is 2.28. The molecule has 0 aromatic rings. The third-order valence-electron chi connectivity index (χ3n) is 3.11. The molecule has 1 fully saturated rings. The van der Waals surface area contributed by atoms with Crippen LogP contribution >= 0.6 is 0 Å². The number of carbonyl (C=O) groups is 2. The third-order valence-corrected chi connectivity index (χ3v) is 3.11. The molecule has 0 spiro atoms. The molecule has 2 N–H and O–H groups in total. The van der Waals surface area contributed by atoms with Gasteiger partial charge in [0.25, 0.3) is 0 Å². The molecule has 5 nitrogen and oxygen atoms in total. The molecule has 92 valence electrons. The average molecular weight is 228 g/mol. The van der Waals surface area contributed by atoms with Crippen LogP contribution in [0, 0.1) is 0 Å². The lowest BCUT2D eigenvalue weighted by Gasteiger charge is -2.34. The largest absolute Gasteiger partial charge is 0.468 e. The van der Waals surface area contributed by atoms with Gasteiger partial charge in [0.05, 0.1) is 12.6 Å². The predicted octanol–water partition coefficient (Wildman–Crippen LogP) is 0.279. The van der Waals surface area contributed by atoms with E-state index in [0.717, 1.165) is 19.3 Å². The molecule has 0 aromatic heterocycles. The van der Waals surface area contributed by atoms with E-state index in [0.29, 0.717) is 12.8 Å². The highest BCUT2D eigenvalue weighted by molar-refractivity contribution is 5.88. The van der Waals surface area contributed by atoms with Crippen LogP contribution < -0.4 is 5.73 Å². The number of nitrogens with zero attached hydrogens (tertiary/aromatic N) is 1. The molecule has 0 atom stereocenters. The zero-order chi connectivity index (χ0) is 12.2. The number of methoxy groups -OCH3 is 1. The molecular formula is C11H20N2O3. The molecule has 0 saturated heterocycles. The van der Waals surface area contributed by atoms with Gasteiger partial charge in [-0.3, -0.25) is 9.59 Å². The Kier molecular flexibility index (Phi) is 4.29. The first-order valence-corrected chi connectivity index (χ1v) is 5.61. The smallest absolute Gasteiger partial charge is 0.325 e. The summed E-state index contributed by atoms with van der Waals surface area (Å²) < 4.78 is 4.52. The van der Waals surface area contributed by atoms with Gasteiger partial charge in [-0.1, -0.05) is 19.3 Å². The van der Waals surface area contributed by atoms with Gasteiger partial charge in [0.15, 0.2) is 0 Å². The van der Waals surface area contributed by atoms with Crippen molar-refractivity contribution in [2.75, 3.05) is 20.7 Å². The Morgan fingerprint density at radius 2 is 1.88 bits per heavy atom. The van der Waals surface area contributed by atoms with E-state index in [1.807, 2.05) is 0 Å². The number of amides is 1. The summed E-state index contributed by atoms with van der Waals surface area (Å²) >= 11 is 0. The van der Waals surface area contributed by atoms with Crippen molar-refractivity contribution in [2.45, 2.75) is 37.6 Å². The van der Waals surface area contributed by atoms with Gasteiger partial charge >= 0.3 is 5.97 Å². The lowest BCUT2D eigenvalue weighted by Crippen LogP contribution is -2.56. The first-order chi connectivity index (χ1) is 7.49. The minimum atomic E-state index is -0.777. The topological polar surface area (TPSA) is 72.6 Å². The van der Waals surface area contributed by atoms with Gasteiger partial charge in [0.1, 0.15) is 6.54 Å². The summed E-state index contributed by atoms with van der Waals surface area (Å²) in [5.74, 6) is -0.576. The molecule has 1 amide bonds. The fraction of sp³-hybridized carbons (Fsp3) is 0.818. The standard InChI is InChI=1S/C11H20N2O3/c1-13(8-9(14)16-2)10(15)11(12)6-4-3-5-7-11/h3-8,12H2,1-2H3. The van der Waals surface area contributed by atoms with Gasteiger partial charge in [-0.25, -0.2) is 0 Å². The van der Waals surface area contributed by atoms with Crippen molar-refractivity contribution in [3.8, 4) is 0 Å². The quantitative estimate of drug-likeness (QED) is 0.704. The van der Waals surface area contributed by atoms with Gasteiger partial charge in [-0.05, 0) is 12.8 Å². The number of likely N-dealkylation sites (N-methyl/N-ethyl adjacent to an activating group) is 1. The molecule has 16 heavy (non-hydrogen) atoms. The number of ether oxygens (including phenoxy) is 1. The monoisotopic (exact) mass is 228 g/mol. The molecule has 5 heteroatoms. The number of hydrogen-bond donors (Lipinski definition) is 1. The van der Waals surface area contributed by atoms with E-state index in [-0.39, 0.29) is 12.5 Å². The van der Waals surface area contributed by atoms with Crippen LogP contribution in [0.4, 0.5) is 0 Å². The third kappa shape index (κ3) is 2.95. The summed E-state index contributed by atoms with van der Waals surface area (Å²) in [5, 5.41) is 0. The first kappa shape index (κ1) is 13.0. The Balaban J connectivity index is 2.58. The molecule has 1 aliphatic carbocycles. The van der Waals surface area contributed by atoms with E-state index in [4.69, 9.17) is 5.73 Å². The maximum Gasteiger partial charge on any atom is 0.325 e. The number of carbonyl (C=O) groups excluding carboxylic acids is 2. The SMILES string of the molecule is COC(=O)CN(C)C(=O)C1(N)CCCCC1. The Labute approximate surface area is 95.9 Å². The summed E-state index contributed by atoms with van der Waals surface area (Å²) in [4.78, 5) is 24.5. The number of hydrogen-bond acceptors (Lipinski definition) is 4. The molecule has 0 bridgehead atoms. The van der Waals surface area contributed by atoms with E-state index in [9.17, 15) is 9.59 Å². The van der Waals surface area contributed by atoms with Crippen LogP contribution in [0.15, 0.2) is 0 Å². The molecule has 0 aliphatic heterocycles. The fourth-order valence-corrected chi connectivity index (χ4v) is 2.11. The zero-order valence-electron chi connectivity index (χ0n) is 9.99. The highest BCUT2D eigenvalue weighted by Crippen LogP contribution is 2.27. The summed E-state index contributed by atoms with van der Waals surface area (Å²) in [6, 6.07) is 0. The van der Waals surface area contributed by atoms with Crippen molar-refractivity contribution in [3.05, 3.63) is 0 Å². The van der Waals surface area contributed by atoms with E-state index >= 15 is 0 Å². The van der Waals surface area contributed by atoms with Gasteiger partial charge < -0.3 is 15.4 Å². The molecular weight excluding hydrogens is 208 g/mol. The van der Waals surface area contributed by atoms with Crippen molar-refractivity contribution in [1.82, 2.24) is 4.90 Å². The van der Waals surface area contributed by atoms with E-state index in [1.54, 1.807) is 7.05 Å². The first-order valence-electron chi connectivity index (χ1n) is 5.61. The second-order valence-corrected chi connectivity index (χ2v) is 4.45. The Morgan fingerprint density at radius 3 is 2.38 bits per heavy atom. The lowest BCUT2D eigenvalue weighted by molar-refractivity contribution is -0.148. The van der Waals surface area contributed by atoms with Gasteiger partial charge in [-0.2, -0.15) is 0 Å². The Bertz CT molecular complexity index is 272. The van der Waals surface area contributed by atoms with Crippen LogP contribution in [0.1, 0.15) is 32.1 Å². The van der Waals surface area contributed by atoms with Crippen LogP contribution in [-0.2, 0) is 14.3 Å². The fourth-order valence-electron chi connectivity index (χ4n) is 2.11. The van der Waals surface area contributed by atoms with E-state index < -0.39 is 11.5 Å². The van der Waals surface area contributed by atoms with Crippen molar-refractivity contribution >= 4 is 11.9 Å². The second kappa shape index (κ2) is 5.30. The van der Waals surface area contributed by atoms with Crippen LogP contribution in [0.25, 0.3) is 0 Å². The summed E-state index contributed by atoms with van der Waals surface area (Å²) in [5.41, 5.74) is 5.30. The highest BCUT2D eigenvalue weighted by atomic mass is 16.5. The van der Waals surface area contributed by atoms with Gasteiger partial charge in [-0.15, -0.1) is 0 Å². The summed E-state index contributed by atoms with van der Waals surface area (Å²) in [6.45, 7) is -0.0334. The van der Waals surface area contributed by atoms with E-state index in [2.05, 4.69) is 4.74 Å². The summed E-state index contributed by atoms with van der Waals surface area (Å²) in [7, 11) is 2.89. The molecule has 0 heterocycles. The molecule has 0 aromatic carbocycles. The van der Waals surface area contributed by atoms with Gasteiger partial charge in [0.2, 0.25) is 5.91 Å². The Hall–Kier alpha value is -1.10. The maximum atomic E-state index is 12.1. The zero-order valence-corrected chi connectivity index (χ0v) is 9.99. The highest BCUT2D eigenvalue weighted by Gasteiger charge is 2.37. The van der Waals surface area contributed by atoms with Gasteiger partial charge in [0, 0.05) is 7.05 Å². The predicted molar refractivity (Wildman–Crippen MR) is 59.7 cm³/mol. The number of rotatable bonds is 3. The van der Waals surface area contributed by atoms with Crippen molar-refractivity contribution in [2.24, 2.45) is 5.73 Å². The lowest BCUT2D eigenvalue weighted by atomic mass is 9.81. The molecule has 0 radical (unpaired) electrons. The van der Waals surface area contributed by atoms with Crippen LogP contribution in [0.3, 0.4) is 0 Å². The van der Waals surface area contributed by atoms with Crippen molar-refractivity contribution in [3.63, 3.8) is 0 Å².